The Labute approximate surface area is 70.4 Å². The molecular formula is C10H9Si. The predicted molar refractivity (Wildman–Crippen MR) is 48.7 cm³/mol. The number of rotatable bonds is 0. The average molecular weight is 157 g/mol. The van der Waals surface area contributed by atoms with Gasteiger partial charge in [0.1, 0.15) is 0 Å². The number of hydrogen-bond donors (Lipinski definition) is 0. The largest absolute Gasteiger partial charge is 0.0800 e. The average Bonchev–Trinajstić information content (AvgIpc) is 2.35. The van der Waals surface area contributed by atoms with E-state index in [2.05, 4.69) is 47.5 Å². The lowest BCUT2D eigenvalue weighted by Gasteiger charge is -2.05. The van der Waals surface area contributed by atoms with E-state index >= 15 is 0 Å². The van der Waals surface area contributed by atoms with Crippen LogP contribution in [0.15, 0.2) is 24.3 Å². The summed E-state index contributed by atoms with van der Waals surface area (Å²) in [6.07, 6.45) is 4.36. The van der Waals surface area contributed by atoms with Crippen LogP contribution in [0.1, 0.15) is 22.2 Å². The van der Waals surface area contributed by atoms with Gasteiger partial charge < -0.3 is 0 Å². The van der Waals surface area contributed by atoms with Crippen molar-refractivity contribution >= 4 is 16.3 Å². The maximum absolute atomic E-state index is 3.63. The van der Waals surface area contributed by atoms with Gasteiger partial charge in [-0.1, -0.05) is 30.4 Å². The van der Waals surface area contributed by atoms with Crippen LogP contribution in [-0.2, 0) is 0 Å². The van der Waals surface area contributed by atoms with Gasteiger partial charge in [-0.3, -0.25) is 0 Å². The van der Waals surface area contributed by atoms with Crippen molar-refractivity contribution in [3.05, 3.63) is 41.0 Å². The third-order valence-corrected chi connectivity index (χ3v) is 2.65. The number of hydrogen-bond acceptors (Lipinski definition) is 0. The van der Waals surface area contributed by atoms with Crippen molar-refractivity contribution in [1.82, 2.24) is 0 Å². The van der Waals surface area contributed by atoms with Crippen LogP contribution in [0.2, 0.25) is 0 Å². The molecule has 0 aromatic heterocycles. The zero-order valence-corrected chi connectivity index (χ0v) is 7.46. The van der Waals surface area contributed by atoms with E-state index in [1.54, 1.807) is 0 Å². The first-order valence-electron chi connectivity index (χ1n) is 3.78. The number of benzene rings is 1. The lowest BCUT2D eigenvalue weighted by atomic mass is 10.0. The zero-order valence-electron chi connectivity index (χ0n) is 6.46. The van der Waals surface area contributed by atoms with Crippen molar-refractivity contribution in [2.24, 2.45) is 0 Å². The Morgan fingerprint density at radius 2 is 2.18 bits per heavy atom. The molecule has 0 spiro atoms. The van der Waals surface area contributed by atoms with Gasteiger partial charge in [-0.05, 0) is 29.2 Å². The van der Waals surface area contributed by atoms with Crippen molar-refractivity contribution in [3.63, 3.8) is 0 Å². The van der Waals surface area contributed by atoms with Crippen molar-refractivity contribution in [2.45, 2.75) is 12.5 Å². The SMILES string of the molecule is Cc1cccc2c1C=CC2[Si]. The van der Waals surface area contributed by atoms with Crippen LogP contribution in [0.3, 0.4) is 0 Å². The Balaban J connectivity index is 2.65. The quantitative estimate of drug-likeness (QED) is 0.507. The Hall–Kier alpha value is -0.823. The monoisotopic (exact) mass is 157 g/mol. The van der Waals surface area contributed by atoms with Gasteiger partial charge in [0.2, 0.25) is 0 Å². The highest BCUT2D eigenvalue weighted by Crippen LogP contribution is 2.29. The highest BCUT2D eigenvalue weighted by molar-refractivity contribution is 6.15. The Morgan fingerprint density at radius 3 is 2.91 bits per heavy atom. The summed E-state index contributed by atoms with van der Waals surface area (Å²) in [5.41, 5.74) is 4.55. The van der Waals surface area contributed by atoms with Crippen LogP contribution >= 0.6 is 0 Å². The summed E-state index contributed by atoms with van der Waals surface area (Å²) in [5, 5.41) is 0. The maximum Gasteiger partial charge on any atom is 0.0388 e. The van der Waals surface area contributed by atoms with E-state index in [0.717, 1.165) is 0 Å². The first-order valence-corrected chi connectivity index (χ1v) is 4.35. The summed E-state index contributed by atoms with van der Waals surface area (Å²) in [5.74, 6) is 0. The Kier molecular flexibility index (Phi) is 1.46. The van der Waals surface area contributed by atoms with Gasteiger partial charge in [-0.2, -0.15) is 0 Å². The minimum Gasteiger partial charge on any atom is -0.0800 e. The molecule has 0 nitrogen and oxygen atoms in total. The van der Waals surface area contributed by atoms with Gasteiger partial charge in [-0.15, -0.1) is 0 Å². The molecule has 3 radical (unpaired) electrons. The third-order valence-electron chi connectivity index (χ3n) is 2.15. The molecule has 2 rings (SSSR count). The van der Waals surface area contributed by atoms with Gasteiger partial charge in [0.25, 0.3) is 0 Å². The van der Waals surface area contributed by atoms with Crippen LogP contribution < -0.4 is 0 Å². The minimum absolute atomic E-state index is 0.421. The maximum atomic E-state index is 3.63. The van der Waals surface area contributed by atoms with E-state index in [1.165, 1.54) is 16.7 Å². The highest BCUT2D eigenvalue weighted by Gasteiger charge is 2.12. The molecule has 1 heteroatoms. The van der Waals surface area contributed by atoms with Crippen LogP contribution in [-0.4, -0.2) is 10.2 Å². The predicted octanol–water partition coefficient (Wildman–Crippen LogP) is 2.23. The molecule has 0 saturated heterocycles. The zero-order chi connectivity index (χ0) is 7.84. The molecule has 1 aliphatic rings. The molecule has 11 heavy (non-hydrogen) atoms. The van der Waals surface area contributed by atoms with Crippen molar-refractivity contribution in [1.29, 1.82) is 0 Å². The summed E-state index contributed by atoms with van der Waals surface area (Å²) < 4.78 is 0. The van der Waals surface area contributed by atoms with E-state index in [0.29, 0.717) is 5.54 Å². The van der Waals surface area contributed by atoms with Crippen LogP contribution in [0.25, 0.3) is 6.08 Å². The normalized spacial score (nSPS) is 20.4. The highest BCUT2D eigenvalue weighted by atomic mass is 28.1. The number of fused-ring (bicyclic) bond motifs is 1. The molecule has 1 aliphatic carbocycles. The van der Waals surface area contributed by atoms with E-state index in [1.807, 2.05) is 0 Å². The van der Waals surface area contributed by atoms with Gasteiger partial charge in [0.15, 0.2) is 0 Å². The second kappa shape index (κ2) is 2.34. The van der Waals surface area contributed by atoms with Crippen LogP contribution in [0.4, 0.5) is 0 Å². The molecule has 0 aliphatic heterocycles. The molecule has 0 heterocycles. The second-order valence-corrected chi connectivity index (χ2v) is 3.54. The third kappa shape index (κ3) is 0.961. The fourth-order valence-corrected chi connectivity index (χ4v) is 1.85. The van der Waals surface area contributed by atoms with Crippen molar-refractivity contribution in [3.8, 4) is 0 Å². The van der Waals surface area contributed by atoms with Crippen LogP contribution in [0, 0.1) is 6.92 Å². The Morgan fingerprint density at radius 1 is 1.36 bits per heavy atom. The van der Waals surface area contributed by atoms with E-state index in [4.69, 9.17) is 0 Å². The molecule has 1 aromatic rings. The van der Waals surface area contributed by atoms with Crippen LogP contribution in [0.5, 0.6) is 0 Å². The molecule has 0 fully saturated rings. The van der Waals surface area contributed by atoms with E-state index < -0.39 is 0 Å². The standard InChI is InChI=1S/C10H9Si/c1-7-3-2-4-9-8(7)5-6-10(9)11/h2-6,10H,1H3. The lowest BCUT2D eigenvalue weighted by Crippen LogP contribution is -1.92. The fraction of sp³-hybridized carbons (Fsp3) is 0.200. The summed E-state index contributed by atoms with van der Waals surface area (Å²) in [7, 11) is 3.63. The minimum atomic E-state index is 0.421. The molecule has 1 aromatic carbocycles. The molecule has 0 amide bonds. The van der Waals surface area contributed by atoms with Gasteiger partial charge in [0, 0.05) is 10.2 Å². The molecule has 1 unspecified atom stereocenters. The van der Waals surface area contributed by atoms with Crippen molar-refractivity contribution < 1.29 is 0 Å². The Bertz CT molecular complexity index is 313. The van der Waals surface area contributed by atoms with Gasteiger partial charge in [-0.25, -0.2) is 0 Å². The van der Waals surface area contributed by atoms with E-state index in [9.17, 15) is 0 Å². The number of aryl methyl sites for hydroxylation is 1. The molecule has 0 bridgehead atoms. The number of allylic oxidation sites excluding steroid dienone is 1. The van der Waals surface area contributed by atoms with E-state index in [-0.39, 0.29) is 0 Å². The molecule has 1 atom stereocenters. The molecule has 53 valence electrons. The van der Waals surface area contributed by atoms with Crippen molar-refractivity contribution in [2.75, 3.05) is 0 Å². The fourth-order valence-electron chi connectivity index (χ4n) is 1.50. The van der Waals surface area contributed by atoms with Gasteiger partial charge >= 0.3 is 0 Å². The first kappa shape index (κ1) is 6.86. The lowest BCUT2D eigenvalue weighted by molar-refractivity contribution is 1.23. The first-order chi connectivity index (χ1) is 5.29. The summed E-state index contributed by atoms with van der Waals surface area (Å²) in [4.78, 5) is 0. The summed E-state index contributed by atoms with van der Waals surface area (Å²) >= 11 is 0. The smallest absolute Gasteiger partial charge is 0.0388 e. The topological polar surface area (TPSA) is 0 Å². The molecular weight excluding hydrogens is 148 g/mol. The van der Waals surface area contributed by atoms with Gasteiger partial charge in [0.05, 0.1) is 0 Å². The molecule has 0 N–H and O–H groups in total. The second-order valence-electron chi connectivity index (χ2n) is 2.91. The summed E-state index contributed by atoms with van der Waals surface area (Å²) in [6.45, 7) is 2.15. The summed E-state index contributed by atoms with van der Waals surface area (Å²) in [6, 6.07) is 6.42. The molecule has 0 saturated carbocycles.